The molecular weight excluding hydrogens is 452 g/mol. The maximum absolute atomic E-state index is 12.6. The van der Waals surface area contributed by atoms with Gasteiger partial charge in [0.25, 0.3) is 0 Å². The molecular formula is C26H32N2O5S. The third kappa shape index (κ3) is 6.53. The van der Waals surface area contributed by atoms with Crippen molar-refractivity contribution in [3.05, 3.63) is 59.7 Å². The molecule has 182 valence electrons. The van der Waals surface area contributed by atoms with Crippen LogP contribution in [0.15, 0.2) is 48.5 Å². The van der Waals surface area contributed by atoms with Crippen molar-refractivity contribution in [1.82, 2.24) is 10.2 Å². The number of ether oxygens (including phenoxy) is 2. The van der Waals surface area contributed by atoms with Crippen LogP contribution in [0.25, 0.3) is 11.1 Å². The minimum atomic E-state index is -0.821. The third-order valence-corrected chi connectivity index (χ3v) is 6.31. The minimum absolute atomic E-state index is 0.0670. The highest BCUT2D eigenvalue weighted by Crippen LogP contribution is 2.44. The van der Waals surface area contributed by atoms with Crippen molar-refractivity contribution >= 4 is 29.7 Å². The van der Waals surface area contributed by atoms with Gasteiger partial charge in [0.1, 0.15) is 18.2 Å². The summed E-state index contributed by atoms with van der Waals surface area (Å²) in [6.45, 7) is 5.56. The van der Waals surface area contributed by atoms with E-state index >= 15 is 0 Å². The maximum atomic E-state index is 12.6. The maximum Gasteiger partial charge on any atom is 0.407 e. The predicted molar refractivity (Wildman–Crippen MR) is 134 cm³/mol. The standard InChI is InChI=1S/C26H32N2O5S/c1-26(2,3)33-23(29)16-34-15-22(24(30)28(4)5)27-25(31)32-14-21-19-12-8-6-10-17(19)18-11-7-9-13-20(18)21/h6-13,21-22H,14-16H2,1-5H3,(H,27,31)/t22-/m0/s1. The van der Waals surface area contributed by atoms with Gasteiger partial charge in [0.05, 0.1) is 5.75 Å². The number of rotatable bonds is 8. The Balaban J connectivity index is 1.59. The highest BCUT2D eigenvalue weighted by atomic mass is 32.2. The van der Waals surface area contributed by atoms with Crippen molar-refractivity contribution in [2.75, 3.05) is 32.2 Å². The number of carbonyl (C=O) groups is 3. The lowest BCUT2D eigenvalue weighted by molar-refractivity contribution is -0.151. The SMILES string of the molecule is CN(C)C(=O)[C@H](CSCC(=O)OC(C)(C)C)NC(=O)OCC1c2ccccc2-c2ccccc21. The van der Waals surface area contributed by atoms with E-state index in [0.29, 0.717) is 0 Å². The van der Waals surface area contributed by atoms with Gasteiger partial charge in [0.15, 0.2) is 0 Å². The molecule has 0 saturated carbocycles. The monoisotopic (exact) mass is 484 g/mol. The average Bonchev–Trinajstić information content (AvgIpc) is 3.09. The van der Waals surface area contributed by atoms with E-state index in [4.69, 9.17) is 9.47 Å². The van der Waals surface area contributed by atoms with Gasteiger partial charge in [-0.05, 0) is 43.0 Å². The molecule has 0 spiro atoms. The number of fused-ring (bicyclic) bond motifs is 3. The molecule has 8 heteroatoms. The molecule has 0 aliphatic heterocycles. The molecule has 2 aromatic rings. The first-order chi connectivity index (χ1) is 16.1. The van der Waals surface area contributed by atoms with Crippen LogP contribution in [0.5, 0.6) is 0 Å². The van der Waals surface area contributed by atoms with Gasteiger partial charge in [0, 0.05) is 25.8 Å². The minimum Gasteiger partial charge on any atom is -0.459 e. The highest BCUT2D eigenvalue weighted by Gasteiger charge is 2.30. The Morgan fingerprint density at radius 3 is 2.09 bits per heavy atom. The lowest BCUT2D eigenvalue weighted by Crippen LogP contribution is -2.48. The molecule has 1 atom stereocenters. The first-order valence-corrected chi connectivity index (χ1v) is 12.3. The molecule has 1 aliphatic carbocycles. The van der Waals surface area contributed by atoms with Gasteiger partial charge in [-0.25, -0.2) is 4.79 Å². The first kappa shape index (κ1) is 25.6. The zero-order chi connectivity index (χ0) is 24.9. The van der Waals surface area contributed by atoms with Crippen molar-refractivity contribution in [2.45, 2.75) is 38.3 Å². The Morgan fingerprint density at radius 1 is 1.00 bits per heavy atom. The molecule has 0 radical (unpaired) electrons. The van der Waals surface area contributed by atoms with Crippen molar-refractivity contribution in [2.24, 2.45) is 0 Å². The summed E-state index contributed by atoms with van der Waals surface area (Å²) in [5, 5.41) is 2.67. The van der Waals surface area contributed by atoms with Crippen LogP contribution in [-0.4, -0.2) is 66.7 Å². The second kappa shape index (κ2) is 11.0. The van der Waals surface area contributed by atoms with Crippen molar-refractivity contribution in [1.29, 1.82) is 0 Å². The Labute approximate surface area is 205 Å². The molecule has 2 amide bonds. The van der Waals surface area contributed by atoms with E-state index in [0.717, 1.165) is 22.3 Å². The van der Waals surface area contributed by atoms with Crippen LogP contribution in [0.1, 0.15) is 37.8 Å². The number of nitrogens with zero attached hydrogens (tertiary/aromatic N) is 1. The fraction of sp³-hybridized carbons (Fsp3) is 0.423. The molecule has 0 fully saturated rings. The second-order valence-electron chi connectivity index (χ2n) is 9.36. The molecule has 34 heavy (non-hydrogen) atoms. The van der Waals surface area contributed by atoms with Crippen LogP contribution in [-0.2, 0) is 19.1 Å². The first-order valence-electron chi connectivity index (χ1n) is 11.2. The zero-order valence-electron chi connectivity index (χ0n) is 20.3. The van der Waals surface area contributed by atoms with Crippen molar-refractivity contribution in [3.8, 4) is 11.1 Å². The van der Waals surface area contributed by atoms with Gasteiger partial charge in [-0.2, -0.15) is 0 Å². The Kier molecular flexibility index (Phi) is 8.25. The number of likely N-dealkylation sites (N-methyl/N-ethyl adjacent to an activating group) is 1. The number of amides is 2. The normalized spacial score (nSPS) is 13.4. The van der Waals surface area contributed by atoms with Crippen molar-refractivity contribution < 1.29 is 23.9 Å². The number of nitrogens with one attached hydrogen (secondary N) is 1. The molecule has 0 saturated heterocycles. The predicted octanol–water partition coefficient (Wildman–Crippen LogP) is 4.06. The summed E-state index contributed by atoms with van der Waals surface area (Å²) in [6.07, 6.45) is -0.667. The number of alkyl carbamates (subject to hydrolysis) is 1. The number of hydrogen-bond acceptors (Lipinski definition) is 6. The molecule has 0 bridgehead atoms. The van der Waals surface area contributed by atoms with Gasteiger partial charge in [-0.1, -0.05) is 48.5 Å². The van der Waals surface area contributed by atoms with Crippen LogP contribution < -0.4 is 5.32 Å². The van der Waals surface area contributed by atoms with E-state index in [1.165, 1.54) is 16.7 Å². The summed E-state index contributed by atoms with van der Waals surface area (Å²) in [4.78, 5) is 38.6. The molecule has 1 N–H and O–H groups in total. The summed E-state index contributed by atoms with van der Waals surface area (Å²) in [5.74, 6) is -0.399. The molecule has 0 aromatic heterocycles. The number of thioether (sulfide) groups is 1. The lowest BCUT2D eigenvalue weighted by Gasteiger charge is -2.22. The average molecular weight is 485 g/mol. The van der Waals surface area contributed by atoms with Crippen LogP contribution in [0, 0.1) is 0 Å². The fourth-order valence-electron chi connectivity index (χ4n) is 3.90. The summed E-state index contributed by atoms with van der Waals surface area (Å²) in [5.41, 5.74) is 3.95. The molecule has 7 nitrogen and oxygen atoms in total. The van der Waals surface area contributed by atoms with Gasteiger partial charge in [-0.3, -0.25) is 9.59 Å². The molecule has 0 unspecified atom stereocenters. The van der Waals surface area contributed by atoms with Gasteiger partial charge in [-0.15, -0.1) is 11.8 Å². The smallest absolute Gasteiger partial charge is 0.407 e. The van der Waals surface area contributed by atoms with Crippen molar-refractivity contribution in [3.63, 3.8) is 0 Å². The van der Waals surface area contributed by atoms with E-state index in [1.54, 1.807) is 34.9 Å². The highest BCUT2D eigenvalue weighted by molar-refractivity contribution is 8.00. The molecule has 1 aliphatic rings. The summed E-state index contributed by atoms with van der Waals surface area (Å²) in [7, 11) is 3.24. The molecule has 0 heterocycles. The largest absolute Gasteiger partial charge is 0.459 e. The Bertz CT molecular complexity index is 1000. The number of esters is 1. The van der Waals surface area contributed by atoms with Gasteiger partial charge in [0.2, 0.25) is 5.91 Å². The lowest BCUT2D eigenvalue weighted by atomic mass is 9.98. The van der Waals surface area contributed by atoms with E-state index < -0.39 is 17.7 Å². The number of carbonyl (C=O) groups excluding carboxylic acids is 3. The van der Waals surface area contributed by atoms with E-state index in [9.17, 15) is 14.4 Å². The van der Waals surface area contributed by atoms with Crippen LogP contribution in [0.3, 0.4) is 0 Å². The van der Waals surface area contributed by atoms with Crippen LogP contribution in [0.2, 0.25) is 0 Å². The number of hydrogen-bond donors (Lipinski definition) is 1. The quantitative estimate of drug-likeness (QED) is 0.569. The van der Waals surface area contributed by atoms with Gasteiger partial charge < -0.3 is 19.7 Å². The molecule has 3 rings (SSSR count). The van der Waals surface area contributed by atoms with E-state index in [-0.39, 0.29) is 35.9 Å². The van der Waals surface area contributed by atoms with E-state index in [1.807, 2.05) is 36.4 Å². The fourth-order valence-corrected chi connectivity index (χ4v) is 4.70. The molecule has 2 aromatic carbocycles. The summed E-state index contributed by atoms with van der Waals surface area (Å²) >= 11 is 1.23. The Morgan fingerprint density at radius 2 is 1.56 bits per heavy atom. The Hall–Kier alpha value is -3.00. The van der Waals surface area contributed by atoms with Crippen LogP contribution >= 0.6 is 11.8 Å². The summed E-state index contributed by atoms with van der Waals surface area (Å²) in [6, 6.07) is 15.4. The topological polar surface area (TPSA) is 84.9 Å². The van der Waals surface area contributed by atoms with Crippen LogP contribution in [0.4, 0.5) is 4.79 Å². The van der Waals surface area contributed by atoms with E-state index in [2.05, 4.69) is 17.4 Å². The van der Waals surface area contributed by atoms with Gasteiger partial charge >= 0.3 is 12.1 Å². The number of benzene rings is 2. The summed E-state index contributed by atoms with van der Waals surface area (Å²) < 4.78 is 10.9. The second-order valence-corrected chi connectivity index (χ2v) is 10.4. The third-order valence-electron chi connectivity index (χ3n) is 5.30. The zero-order valence-corrected chi connectivity index (χ0v) is 21.1.